The minimum atomic E-state index is -4.58. The standard InChI is InChI=1S/C21H20F4N2O2/c1-26-11-15-8-14(2-3-18(15)20(26)28)19-12-27(4-5-29-19)10-13-6-16(21(23,24)25)9-17(22)7-13/h2-3,6-9,19H,4-5,10-12H2,1H3. The van der Waals surface area contributed by atoms with Crippen LogP contribution in [0.15, 0.2) is 36.4 Å². The molecule has 1 saturated heterocycles. The molecule has 2 aromatic rings. The van der Waals surface area contributed by atoms with Crippen molar-refractivity contribution in [3.05, 3.63) is 70.0 Å². The zero-order valence-electron chi connectivity index (χ0n) is 15.8. The number of carbonyl (C=O) groups excluding carboxylic acids is 1. The number of nitrogens with zero attached hydrogens (tertiary/aromatic N) is 2. The number of halogens is 4. The largest absolute Gasteiger partial charge is 0.416 e. The normalized spacial score (nSPS) is 20.2. The second-order valence-corrected chi connectivity index (χ2v) is 7.52. The molecule has 29 heavy (non-hydrogen) atoms. The van der Waals surface area contributed by atoms with Crippen LogP contribution in [0.25, 0.3) is 0 Å². The summed E-state index contributed by atoms with van der Waals surface area (Å²) in [5.74, 6) is -0.906. The Labute approximate surface area is 165 Å². The lowest BCUT2D eigenvalue weighted by Crippen LogP contribution is -2.37. The average Bonchev–Trinajstić information content (AvgIpc) is 2.94. The van der Waals surface area contributed by atoms with Gasteiger partial charge in [0, 0.05) is 38.8 Å². The van der Waals surface area contributed by atoms with Crippen molar-refractivity contribution >= 4 is 5.91 Å². The smallest absolute Gasteiger partial charge is 0.371 e. The summed E-state index contributed by atoms with van der Waals surface area (Å²) in [4.78, 5) is 15.6. The number of hydrogen-bond acceptors (Lipinski definition) is 3. The van der Waals surface area contributed by atoms with Crippen LogP contribution in [0.3, 0.4) is 0 Å². The third-order valence-electron chi connectivity index (χ3n) is 5.33. The van der Waals surface area contributed by atoms with Crippen molar-refractivity contribution in [1.29, 1.82) is 0 Å². The highest BCUT2D eigenvalue weighted by atomic mass is 19.4. The highest BCUT2D eigenvalue weighted by Gasteiger charge is 2.32. The molecule has 0 aliphatic carbocycles. The van der Waals surface area contributed by atoms with Gasteiger partial charge in [0.2, 0.25) is 0 Å². The molecule has 0 radical (unpaired) electrons. The lowest BCUT2D eigenvalue weighted by atomic mass is 10.0. The van der Waals surface area contributed by atoms with E-state index in [9.17, 15) is 22.4 Å². The van der Waals surface area contributed by atoms with Gasteiger partial charge in [0.15, 0.2) is 0 Å². The molecule has 1 unspecified atom stereocenters. The van der Waals surface area contributed by atoms with Gasteiger partial charge in [0.1, 0.15) is 5.82 Å². The number of rotatable bonds is 3. The van der Waals surface area contributed by atoms with Gasteiger partial charge in [-0.25, -0.2) is 4.39 Å². The van der Waals surface area contributed by atoms with Gasteiger partial charge in [0.05, 0.1) is 18.3 Å². The molecule has 0 bridgehead atoms. The summed E-state index contributed by atoms with van der Waals surface area (Å²) in [7, 11) is 1.75. The van der Waals surface area contributed by atoms with Crippen LogP contribution in [0.4, 0.5) is 17.6 Å². The van der Waals surface area contributed by atoms with Crippen LogP contribution >= 0.6 is 0 Å². The molecule has 1 atom stereocenters. The minimum absolute atomic E-state index is 0.00990. The fourth-order valence-electron chi connectivity index (χ4n) is 3.90. The molecule has 2 aliphatic heterocycles. The zero-order chi connectivity index (χ0) is 20.8. The first kappa shape index (κ1) is 19.8. The molecule has 8 heteroatoms. The summed E-state index contributed by atoms with van der Waals surface area (Å²) in [5, 5.41) is 0. The first-order valence-electron chi connectivity index (χ1n) is 9.29. The molecule has 4 nitrogen and oxygen atoms in total. The first-order valence-corrected chi connectivity index (χ1v) is 9.29. The topological polar surface area (TPSA) is 32.8 Å². The van der Waals surface area contributed by atoms with E-state index in [2.05, 4.69) is 0 Å². The van der Waals surface area contributed by atoms with Gasteiger partial charge in [-0.2, -0.15) is 13.2 Å². The molecule has 1 fully saturated rings. The Kier molecular flexibility index (Phi) is 5.08. The van der Waals surface area contributed by atoms with Gasteiger partial charge in [-0.3, -0.25) is 9.69 Å². The van der Waals surface area contributed by atoms with Crippen LogP contribution in [-0.2, 0) is 24.0 Å². The van der Waals surface area contributed by atoms with Crippen molar-refractivity contribution < 1.29 is 27.1 Å². The minimum Gasteiger partial charge on any atom is -0.371 e. The SMILES string of the molecule is CN1Cc2cc(C3CN(Cc4cc(F)cc(C(F)(F)F)c4)CCO3)ccc2C1=O. The summed E-state index contributed by atoms with van der Waals surface area (Å²) in [5.41, 5.74) is 1.84. The van der Waals surface area contributed by atoms with Crippen LogP contribution in [0.1, 0.15) is 38.7 Å². The Morgan fingerprint density at radius 1 is 1.17 bits per heavy atom. The molecule has 0 N–H and O–H groups in total. The number of carbonyl (C=O) groups is 1. The third kappa shape index (κ3) is 4.13. The maximum Gasteiger partial charge on any atom is 0.416 e. The molecule has 1 amide bonds. The second-order valence-electron chi connectivity index (χ2n) is 7.52. The number of fused-ring (bicyclic) bond motifs is 1. The van der Waals surface area contributed by atoms with Gasteiger partial charge in [0.25, 0.3) is 5.91 Å². The number of hydrogen-bond donors (Lipinski definition) is 0. The molecule has 0 saturated carbocycles. The lowest BCUT2D eigenvalue weighted by Gasteiger charge is -2.33. The van der Waals surface area contributed by atoms with Crippen LogP contribution < -0.4 is 0 Å². The summed E-state index contributed by atoms with van der Waals surface area (Å²) in [6.45, 7) is 2.18. The Morgan fingerprint density at radius 3 is 2.72 bits per heavy atom. The fraction of sp³-hybridized carbons (Fsp3) is 0.381. The summed E-state index contributed by atoms with van der Waals surface area (Å²) < 4.78 is 58.4. The molecule has 0 spiro atoms. The van der Waals surface area contributed by atoms with E-state index >= 15 is 0 Å². The number of alkyl halides is 3. The summed E-state index contributed by atoms with van der Waals surface area (Å²) >= 11 is 0. The van der Waals surface area contributed by atoms with Crippen LogP contribution in [0.5, 0.6) is 0 Å². The monoisotopic (exact) mass is 408 g/mol. The highest BCUT2D eigenvalue weighted by Crippen LogP contribution is 2.32. The van der Waals surface area contributed by atoms with E-state index in [1.54, 1.807) is 18.0 Å². The maximum absolute atomic E-state index is 13.7. The predicted octanol–water partition coefficient (Wildman–Crippen LogP) is 4.00. The Morgan fingerprint density at radius 2 is 1.97 bits per heavy atom. The molecule has 0 aromatic heterocycles. The number of morpholine rings is 1. The van der Waals surface area contributed by atoms with Crippen molar-refractivity contribution in [2.45, 2.75) is 25.4 Å². The highest BCUT2D eigenvalue weighted by molar-refractivity contribution is 5.98. The Balaban J connectivity index is 1.49. The van der Waals surface area contributed by atoms with Gasteiger partial charge in [-0.05, 0) is 41.0 Å². The fourth-order valence-corrected chi connectivity index (χ4v) is 3.90. The molecule has 2 heterocycles. The Hall–Kier alpha value is -2.45. The summed E-state index contributed by atoms with van der Waals surface area (Å²) in [6, 6.07) is 8.24. The van der Waals surface area contributed by atoms with Crippen molar-refractivity contribution in [2.24, 2.45) is 0 Å². The predicted molar refractivity (Wildman–Crippen MR) is 97.6 cm³/mol. The zero-order valence-corrected chi connectivity index (χ0v) is 15.8. The van der Waals surface area contributed by atoms with Crippen molar-refractivity contribution in [1.82, 2.24) is 9.80 Å². The van der Waals surface area contributed by atoms with E-state index < -0.39 is 17.6 Å². The molecule has 154 valence electrons. The van der Waals surface area contributed by atoms with Crippen LogP contribution in [-0.4, -0.2) is 42.5 Å². The van der Waals surface area contributed by atoms with Crippen LogP contribution in [0.2, 0.25) is 0 Å². The lowest BCUT2D eigenvalue weighted by molar-refractivity contribution is -0.137. The quantitative estimate of drug-likeness (QED) is 0.720. The van der Waals surface area contributed by atoms with Gasteiger partial charge in [-0.15, -0.1) is 0 Å². The average molecular weight is 408 g/mol. The molecular formula is C21H20F4N2O2. The molecule has 4 rings (SSSR count). The molecule has 2 aliphatic rings. The van der Waals surface area contributed by atoms with E-state index in [4.69, 9.17) is 4.74 Å². The summed E-state index contributed by atoms with van der Waals surface area (Å²) in [6.07, 6.45) is -4.84. The number of amides is 1. The second kappa shape index (κ2) is 7.42. The van der Waals surface area contributed by atoms with E-state index in [-0.39, 0.29) is 24.1 Å². The van der Waals surface area contributed by atoms with Gasteiger partial charge in [-0.1, -0.05) is 12.1 Å². The Bertz CT molecular complexity index is 945. The first-order chi connectivity index (χ1) is 13.7. The van der Waals surface area contributed by atoms with E-state index in [0.29, 0.717) is 37.9 Å². The third-order valence-corrected chi connectivity index (χ3v) is 5.33. The van der Waals surface area contributed by atoms with E-state index in [0.717, 1.165) is 23.3 Å². The van der Waals surface area contributed by atoms with Crippen molar-refractivity contribution in [3.8, 4) is 0 Å². The van der Waals surface area contributed by atoms with E-state index in [1.165, 1.54) is 0 Å². The molecular weight excluding hydrogens is 388 g/mol. The van der Waals surface area contributed by atoms with Gasteiger partial charge >= 0.3 is 6.18 Å². The van der Waals surface area contributed by atoms with Crippen molar-refractivity contribution in [3.63, 3.8) is 0 Å². The van der Waals surface area contributed by atoms with Crippen LogP contribution in [0, 0.1) is 5.82 Å². The van der Waals surface area contributed by atoms with E-state index in [1.807, 2.05) is 17.0 Å². The number of benzene rings is 2. The molecule has 2 aromatic carbocycles. The maximum atomic E-state index is 13.7. The van der Waals surface area contributed by atoms with Crippen molar-refractivity contribution in [2.75, 3.05) is 26.7 Å². The number of ether oxygens (including phenoxy) is 1. The van der Waals surface area contributed by atoms with Gasteiger partial charge < -0.3 is 9.64 Å².